The maximum absolute atomic E-state index is 5.16. The van der Waals surface area contributed by atoms with Gasteiger partial charge in [0.25, 0.3) is 0 Å². The van der Waals surface area contributed by atoms with E-state index in [0.717, 1.165) is 6.54 Å². The lowest BCUT2D eigenvalue weighted by Gasteiger charge is -2.19. The largest absolute Gasteiger partial charge is 0.481 e. The van der Waals surface area contributed by atoms with Crippen molar-refractivity contribution in [3.63, 3.8) is 0 Å². The van der Waals surface area contributed by atoms with Gasteiger partial charge in [-0.15, -0.1) is 0 Å². The van der Waals surface area contributed by atoms with Gasteiger partial charge in [0.15, 0.2) is 0 Å². The van der Waals surface area contributed by atoms with E-state index in [-0.39, 0.29) is 0 Å². The number of nitrogens with zero attached hydrogens (tertiary/aromatic N) is 2. The van der Waals surface area contributed by atoms with Crippen molar-refractivity contribution in [2.75, 3.05) is 26.7 Å². The van der Waals surface area contributed by atoms with Gasteiger partial charge in [0.2, 0.25) is 5.88 Å². The Bertz CT molecular complexity index is 397. The Morgan fingerprint density at radius 3 is 3.10 bits per heavy atom. The first-order valence-corrected chi connectivity index (χ1v) is 7.76. The van der Waals surface area contributed by atoms with E-state index < -0.39 is 0 Å². The molecule has 1 fully saturated rings. The first-order valence-electron chi connectivity index (χ1n) is 7.76. The van der Waals surface area contributed by atoms with Gasteiger partial charge >= 0.3 is 0 Å². The zero-order chi connectivity index (χ0) is 14.2. The molecule has 1 N–H and O–H groups in total. The van der Waals surface area contributed by atoms with Gasteiger partial charge in [-0.1, -0.05) is 6.92 Å². The van der Waals surface area contributed by atoms with Crippen molar-refractivity contribution in [3.05, 3.63) is 23.9 Å². The van der Waals surface area contributed by atoms with Gasteiger partial charge in [-0.25, -0.2) is 4.98 Å². The summed E-state index contributed by atoms with van der Waals surface area (Å²) in [6.07, 6.45) is 6.91. The van der Waals surface area contributed by atoms with E-state index in [1.807, 2.05) is 12.3 Å². The Balaban J connectivity index is 1.78. The highest BCUT2D eigenvalue weighted by Gasteiger charge is 2.15. The van der Waals surface area contributed by atoms with Crippen LogP contribution in [0.4, 0.5) is 0 Å². The van der Waals surface area contributed by atoms with Gasteiger partial charge in [0.05, 0.1) is 7.11 Å². The van der Waals surface area contributed by atoms with E-state index in [1.165, 1.54) is 50.9 Å². The lowest BCUT2D eigenvalue weighted by Crippen LogP contribution is -2.31. The van der Waals surface area contributed by atoms with Crippen molar-refractivity contribution in [2.24, 2.45) is 0 Å². The molecule has 1 atom stereocenters. The first kappa shape index (κ1) is 15.3. The number of nitrogens with one attached hydrogen (secondary N) is 1. The quantitative estimate of drug-likeness (QED) is 0.866. The van der Waals surface area contributed by atoms with Gasteiger partial charge < -0.3 is 15.0 Å². The minimum atomic E-state index is 0.635. The fraction of sp³-hybridized carbons (Fsp3) is 0.688. The first-order chi connectivity index (χ1) is 9.81. The van der Waals surface area contributed by atoms with Crippen LogP contribution in [0.25, 0.3) is 0 Å². The normalized spacial score (nSPS) is 20.6. The zero-order valence-corrected chi connectivity index (χ0v) is 12.8. The fourth-order valence-electron chi connectivity index (χ4n) is 2.83. The van der Waals surface area contributed by atoms with Gasteiger partial charge in [-0.05, 0) is 56.9 Å². The van der Waals surface area contributed by atoms with Gasteiger partial charge in [0, 0.05) is 24.8 Å². The summed E-state index contributed by atoms with van der Waals surface area (Å²) in [5.41, 5.74) is 1.24. The number of aromatic nitrogens is 1. The molecule has 4 nitrogen and oxygen atoms in total. The summed E-state index contributed by atoms with van der Waals surface area (Å²) in [6, 6.07) is 4.69. The number of ether oxygens (including phenoxy) is 1. The van der Waals surface area contributed by atoms with Crippen molar-refractivity contribution in [3.8, 4) is 5.88 Å². The topological polar surface area (TPSA) is 37.4 Å². The van der Waals surface area contributed by atoms with E-state index >= 15 is 0 Å². The Morgan fingerprint density at radius 1 is 1.40 bits per heavy atom. The second-order valence-electron chi connectivity index (χ2n) is 5.56. The van der Waals surface area contributed by atoms with Crippen LogP contribution in [0.5, 0.6) is 5.88 Å². The van der Waals surface area contributed by atoms with Crippen LogP contribution in [-0.4, -0.2) is 42.7 Å². The van der Waals surface area contributed by atoms with Gasteiger partial charge in [-0.2, -0.15) is 0 Å². The van der Waals surface area contributed by atoms with Crippen molar-refractivity contribution in [1.29, 1.82) is 0 Å². The fourth-order valence-corrected chi connectivity index (χ4v) is 2.83. The molecule has 4 heteroatoms. The van der Waals surface area contributed by atoms with Crippen LogP contribution in [0.1, 0.15) is 38.2 Å². The smallest absolute Gasteiger partial charge is 0.213 e. The van der Waals surface area contributed by atoms with E-state index in [2.05, 4.69) is 28.2 Å². The zero-order valence-electron chi connectivity index (χ0n) is 12.8. The molecule has 1 aromatic heterocycles. The predicted molar refractivity (Wildman–Crippen MR) is 82.0 cm³/mol. The standard InChI is InChI=1S/C16H27N3O/c1-3-9-19-10-4-5-15(7-11-19)18-13-14-6-8-17-16(12-14)20-2/h6,8,12,15,18H,3-5,7,9-11,13H2,1-2H3. The third-order valence-corrected chi connectivity index (χ3v) is 3.96. The molecule has 0 amide bonds. The number of likely N-dealkylation sites (tertiary alicyclic amines) is 1. The number of methoxy groups -OCH3 is 1. The van der Waals surface area contributed by atoms with Crippen LogP contribution in [0.3, 0.4) is 0 Å². The lowest BCUT2D eigenvalue weighted by atomic mass is 10.1. The summed E-state index contributed by atoms with van der Waals surface area (Å²) in [7, 11) is 1.66. The monoisotopic (exact) mass is 277 g/mol. The summed E-state index contributed by atoms with van der Waals surface area (Å²) in [5.74, 6) is 0.694. The summed E-state index contributed by atoms with van der Waals surface area (Å²) in [4.78, 5) is 6.74. The molecule has 1 aliphatic rings. The van der Waals surface area contributed by atoms with Crippen molar-refractivity contribution >= 4 is 0 Å². The van der Waals surface area contributed by atoms with Crippen molar-refractivity contribution in [2.45, 2.75) is 45.2 Å². The van der Waals surface area contributed by atoms with E-state index in [1.54, 1.807) is 7.11 Å². The summed E-state index contributed by atoms with van der Waals surface area (Å²) in [5, 5.41) is 3.68. The number of hydrogen-bond donors (Lipinski definition) is 1. The Morgan fingerprint density at radius 2 is 2.30 bits per heavy atom. The predicted octanol–water partition coefficient (Wildman–Crippen LogP) is 2.44. The Labute approximate surface area is 122 Å². The van der Waals surface area contributed by atoms with Crippen LogP contribution < -0.4 is 10.1 Å². The molecular weight excluding hydrogens is 250 g/mol. The molecule has 0 saturated carbocycles. The van der Waals surface area contributed by atoms with Crippen LogP contribution in [-0.2, 0) is 6.54 Å². The molecule has 2 rings (SSSR count). The molecule has 0 spiro atoms. The average Bonchev–Trinajstić information content (AvgIpc) is 2.71. The Kier molecular flexibility index (Phi) is 6.27. The van der Waals surface area contributed by atoms with Crippen molar-refractivity contribution < 1.29 is 4.74 Å². The van der Waals surface area contributed by atoms with E-state index in [0.29, 0.717) is 11.9 Å². The number of hydrogen-bond acceptors (Lipinski definition) is 4. The molecule has 112 valence electrons. The van der Waals surface area contributed by atoms with Crippen LogP contribution in [0, 0.1) is 0 Å². The molecule has 0 bridgehead atoms. The third kappa shape index (κ3) is 4.76. The van der Waals surface area contributed by atoms with Crippen LogP contribution >= 0.6 is 0 Å². The van der Waals surface area contributed by atoms with E-state index in [4.69, 9.17) is 4.74 Å². The van der Waals surface area contributed by atoms with Crippen molar-refractivity contribution in [1.82, 2.24) is 15.2 Å². The molecule has 0 aliphatic carbocycles. The van der Waals surface area contributed by atoms with E-state index in [9.17, 15) is 0 Å². The SMILES string of the molecule is CCCN1CCCC(NCc2ccnc(OC)c2)CC1. The van der Waals surface area contributed by atoms with Crippen LogP contribution in [0.2, 0.25) is 0 Å². The molecule has 1 aliphatic heterocycles. The lowest BCUT2D eigenvalue weighted by molar-refractivity contribution is 0.282. The number of pyridine rings is 1. The maximum Gasteiger partial charge on any atom is 0.213 e. The molecular formula is C16H27N3O. The highest BCUT2D eigenvalue weighted by Crippen LogP contribution is 2.13. The summed E-state index contributed by atoms with van der Waals surface area (Å²) >= 11 is 0. The minimum Gasteiger partial charge on any atom is -0.481 e. The highest BCUT2D eigenvalue weighted by atomic mass is 16.5. The second-order valence-corrected chi connectivity index (χ2v) is 5.56. The second kappa shape index (κ2) is 8.22. The molecule has 2 heterocycles. The molecule has 0 radical (unpaired) electrons. The summed E-state index contributed by atoms with van der Waals surface area (Å²) < 4.78 is 5.16. The summed E-state index contributed by atoms with van der Waals surface area (Å²) in [6.45, 7) is 6.89. The molecule has 1 saturated heterocycles. The van der Waals surface area contributed by atoms with Gasteiger partial charge in [0.1, 0.15) is 0 Å². The Hall–Kier alpha value is -1.13. The molecule has 20 heavy (non-hydrogen) atoms. The maximum atomic E-state index is 5.16. The molecule has 1 unspecified atom stereocenters. The molecule has 0 aromatic carbocycles. The average molecular weight is 277 g/mol. The number of rotatable bonds is 6. The third-order valence-electron chi connectivity index (χ3n) is 3.96. The van der Waals surface area contributed by atoms with Crippen LogP contribution in [0.15, 0.2) is 18.3 Å². The molecule has 1 aromatic rings. The van der Waals surface area contributed by atoms with Gasteiger partial charge in [-0.3, -0.25) is 0 Å². The minimum absolute atomic E-state index is 0.635. The highest BCUT2D eigenvalue weighted by molar-refractivity contribution is 5.20.